The number of hydrogen-bond donors (Lipinski definition) is 2. The predicted octanol–water partition coefficient (Wildman–Crippen LogP) is 4.87. The highest BCUT2D eigenvalue weighted by Crippen LogP contribution is 2.28. The highest BCUT2D eigenvalue weighted by atomic mass is 15.1. The molecule has 1 fully saturated rings. The van der Waals surface area contributed by atoms with Crippen molar-refractivity contribution in [2.75, 3.05) is 5.32 Å². The van der Waals surface area contributed by atoms with Crippen molar-refractivity contribution in [3.8, 4) is 0 Å². The van der Waals surface area contributed by atoms with Crippen LogP contribution in [0.15, 0.2) is 42.6 Å². The first-order chi connectivity index (χ1) is 11.9. The van der Waals surface area contributed by atoms with Crippen LogP contribution < -0.4 is 5.32 Å². The van der Waals surface area contributed by atoms with Gasteiger partial charge in [-0.25, -0.2) is 4.98 Å². The quantitative estimate of drug-likeness (QED) is 0.721. The third-order valence-corrected chi connectivity index (χ3v) is 4.68. The maximum Gasteiger partial charge on any atom is 0.137 e. The van der Waals surface area contributed by atoms with Crippen LogP contribution in [0, 0.1) is 0 Å². The fourth-order valence-corrected chi connectivity index (χ4v) is 3.40. The maximum atomic E-state index is 4.58. The lowest BCUT2D eigenvalue weighted by molar-refractivity contribution is 0.462. The van der Waals surface area contributed by atoms with Crippen LogP contribution in [0.3, 0.4) is 0 Å². The summed E-state index contributed by atoms with van der Waals surface area (Å²) in [7, 11) is 0. The van der Waals surface area contributed by atoms with E-state index in [-0.39, 0.29) is 0 Å². The van der Waals surface area contributed by atoms with Gasteiger partial charge in [0.1, 0.15) is 5.82 Å². The Bertz CT molecular complexity index is 829. The monoisotopic (exact) mass is 318 g/mol. The summed E-state index contributed by atoms with van der Waals surface area (Å²) < 4.78 is 0. The molecule has 0 aliphatic heterocycles. The van der Waals surface area contributed by atoms with Gasteiger partial charge in [0, 0.05) is 12.2 Å². The van der Waals surface area contributed by atoms with Gasteiger partial charge in [-0.3, -0.25) is 5.10 Å². The fourth-order valence-electron chi connectivity index (χ4n) is 3.40. The smallest absolute Gasteiger partial charge is 0.137 e. The number of hydrogen-bond acceptors (Lipinski definition) is 3. The summed E-state index contributed by atoms with van der Waals surface area (Å²) in [5, 5.41) is 12.3. The first-order valence-electron chi connectivity index (χ1n) is 8.73. The summed E-state index contributed by atoms with van der Waals surface area (Å²) >= 11 is 0. The first kappa shape index (κ1) is 14.9. The Labute approximate surface area is 142 Å². The number of aromatic amines is 1. The number of nitrogens with zero attached hydrogens (tertiary/aromatic N) is 2. The van der Waals surface area contributed by atoms with Crippen LogP contribution >= 0.6 is 0 Å². The molecule has 1 saturated carbocycles. The summed E-state index contributed by atoms with van der Waals surface area (Å²) in [5.41, 5.74) is 3.12. The average molecular weight is 318 g/mol. The SMILES string of the molecule is C(=Cc1n[nH]c2ccnc(NC3CCCCC3)c12)c1ccccc1. The van der Waals surface area contributed by atoms with Gasteiger partial charge in [-0.1, -0.05) is 55.7 Å². The molecule has 0 atom stereocenters. The standard InChI is InChI=1S/C20H22N4/c1-3-7-15(8-4-1)11-12-17-19-18(24-23-17)13-14-21-20(19)22-16-9-5-2-6-10-16/h1,3-4,7-8,11-14,16H,2,5-6,9-10H2,(H,21,22)(H,23,24). The van der Waals surface area contributed by atoms with E-state index in [0.717, 1.165) is 22.4 Å². The molecular weight excluding hydrogens is 296 g/mol. The van der Waals surface area contributed by atoms with Crippen LogP contribution in [-0.4, -0.2) is 21.2 Å². The summed E-state index contributed by atoms with van der Waals surface area (Å²) in [6, 6.07) is 12.8. The van der Waals surface area contributed by atoms with Crippen molar-refractivity contribution >= 4 is 28.9 Å². The van der Waals surface area contributed by atoms with Crippen molar-refractivity contribution < 1.29 is 0 Å². The van der Waals surface area contributed by atoms with Crippen molar-refractivity contribution in [2.24, 2.45) is 0 Å². The van der Waals surface area contributed by atoms with Crippen molar-refractivity contribution in [1.82, 2.24) is 15.2 Å². The number of benzene rings is 1. The Hall–Kier alpha value is -2.62. The third-order valence-electron chi connectivity index (χ3n) is 4.68. The molecule has 0 radical (unpaired) electrons. The molecule has 0 bridgehead atoms. The number of fused-ring (bicyclic) bond motifs is 1. The topological polar surface area (TPSA) is 53.6 Å². The maximum absolute atomic E-state index is 4.58. The number of nitrogens with one attached hydrogen (secondary N) is 2. The van der Waals surface area contributed by atoms with Gasteiger partial charge in [-0.05, 0) is 30.5 Å². The molecular formula is C20H22N4. The minimum atomic E-state index is 0.526. The molecule has 0 amide bonds. The molecule has 2 heterocycles. The number of rotatable bonds is 4. The lowest BCUT2D eigenvalue weighted by Gasteiger charge is -2.23. The molecule has 1 aromatic carbocycles. The minimum Gasteiger partial charge on any atom is -0.367 e. The van der Waals surface area contributed by atoms with Crippen LogP contribution in [-0.2, 0) is 0 Å². The number of anilines is 1. The fraction of sp³-hybridized carbons (Fsp3) is 0.300. The van der Waals surface area contributed by atoms with Crippen LogP contribution in [0.25, 0.3) is 23.1 Å². The van der Waals surface area contributed by atoms with E-state index in [1.54, 1.807) is 0 Å². The van der Waals surface area contributed by atoms with Gasteiger partial charge in [0.05, 0.1) is 16.6 Å². The number of pyridine rings is 1. The van der Waals surface area contributed by atoms with E-state index in [1.807, 2.05) is 30.5 Å². The Kier molecular flexibility index (Phi) is 4.28. The molecule has 4 heteroatoms. The Morgan fingerprint density at radius 1 is 1.00 bits per heavy atom. The zero-order valence-corrected chi connectivity index (χ0v) is 13.7. The van der Waals surface area contributed by atoms with Crippen molar-refractivity contribution in [3.63, 3.8) is 0 Å². The average Bonchev–Trinajstić information content (AvgIpc) is 3.06. The zero-order chi connectivity index (χ0) is 16.2. The Morgan fingerprint density at radius 2 is 1.83 bits per heavy atom. The van der Waals surface area contributed by atoms with E-state index in [9.17, 15) is 0 Å². The molecule has 4 rings (SSSR count). The van der Waals surface area contributed by atoms with Crippen molar-refractivity contribution in [2.45, 2.75) is 38.1 Å². The second-order valence-corrected chi connectivity index (χ2v) is 6.41. The highest BCUT2D eigenvalue weighted by Gasteiger charge is 2.16. The lowest BCUT2D eigenvalue weighted by Crippen LogP contribution is -2.22. The molecule has 0 unspecified atom stereocenters. The van der Waals surface area contributed by atoms with E-state index < -0.39 is 0 Å². The minimum absolute atomic E-state index is 0.526. The van der Waals surface area contributed by atoms with Gasteiger partial charge >= 0.3 is 0 Å². The van der Waals surface area contributed by atoms with Crippen molar-refractivity contribution in [3.05, 3.63) is 53.9 Å². The largest absolute Gasteiger partial charge is 0.367 e. The molecule has 2 aromatic heterocycles. The van der Waals surface area contributed by atoms with Crippen LogP contribution in [0.2, 0.25) is 0 Å². The van der Waals surface area contributed by atoms with Gasteiger partial charge in [-0.2, -0.15) is 5.10 Å². The molecule has 24 heavy (non-hydrogen) atoms. The van der Waals surface area contributed by atoms with Crippen LogP contribution in [0.1, 0.15) is 43.4 Å². The Morgan fingerprint density at radius 3 is 2.67 bits per heavy atom. The van der Waals surface area contributed by atoms with Crippen LogP contribution in [0.5, 0.6) is 0 Å². The summed E-state index contributed by atoms with van der Waals surface area (Å²) in [4.78, 5) is 4.58. The molecule has 122 valence electrons. The second-order valence-electron chi connectivity index (χ2n) is 6.41. The number of aromatic nitrogens is 3. The molecule has 0 saturated heterocycles. The number of H-pyrrole nitrogens is 1. The van der Waals surface area contributed by atoms with Gasteiger partial charge in [0.2, 0.25) is 0 Å². The van der Waals surface area contributed by atoms with Gasteiger partial charge in [-0.15, -0.1) is 0 Å². The third kappa shape index (κ3) is 3.18. The van der Waals surface area contributed by atoms with E-state index >= 15 is 0 Å². The van der Waals surface area contributed by atoms with Gasteiger partial charge in [0.15, 0.2) is 0 Å². The molecule has 0 spiro atoms. The van der Waals surface area contributed by atoms with Gasteiger partial charge < -0.3 is 5.32 Å². The Balaban J connectivity index is 1.65. The predicted molar refractivity (Wildman–Crippen MR) is 99.8 cm³/mol. The van der Waals surface area contributed by atoms with E-state index in [4.69, 9.17) is 0 Å². The van der Waals surface area contributed by atoms with E-state index in [0.29, 0.717) is 6.04 Å². The van der Waals surface area contributed by atoms with Gasteiger partial charge in [0.25, 0.3) is 0 Å². The molecule has 3 aromatic rings. The summed E-state index contributed by atoms with van der Waals surface area (Å²) in [5.74, 6) is 0.945. The van der Waals surface area contributed by atoms with Crippen LogP contribution in [0.4, 0.5) is 5.82 Å². The summed E-state index contributed by atoms with van der Waals surface area (Å²) in [6.45, 7) is 0. The molecule has 1 aliphatic carbocycles. The molecule has 2 N–H and O–H groups in total. The van der Waals surface area contributed by atoms with Crippen molar-refractivity contribution in [1.29, 1.82) is 0 Å². The molecule has 1 aliphatic rings. The second kappa shape index (κ2) is 6.87. The van der Waals surface area contributed by atoms with E-state index in [1.165, 1.54) is 37.7 Å². The normalized spacial score (nSPS) is 16.0. The zero-order valence-electron chi connectivity index (χ0n) is 13.7. The summed E-state index contributed by atoms with van der Waals surface area (Å²) in [6.07, 6.45) is 12.4. The highest BCUT2D eigenvalue weighted by molar-refractivity contribution is 5.97. The first-order valence-corrected chi connectivity index (χ1v) is 8.73. The lowest BCUT2D eigenvalue weighted by atomic mass is 9.95. The molecule has 4 nitrogen and oxygen atoms in total. The van der Waals surface area contributed by atoms with E-state index in [2.05, 4.69) is 44.8 Å².